The molecular formula is C17H20ClN7O2. The van der Waals surface area contributed by atoms with E-state index in [0.717, 1.165) is 11.3 Å². The normalized spacial score (nSPS) is 11.0. The minimum absolute atomic E-state index is 0.194. The number of carbonyl (C=O) groups excluding carboxylic acids is 1. The molecule has 0 bridgehead atoms. The molecule has 0 saturated heterocycles. The number of hydrogen-bond donors (Lipinski definition) is 1. The van der Waals surface area contributed by atoms with Gasteiger partial charge in [0, 0.05) is 31.6 Å². The van der Waals surface area contributed by atoms with Crippen molar-refractivity contribution in [3.8, 4) is 5.95 Å². The lowest BCUT2D eigenvalue weighted by Crippen LogP contribution is -2.25. The van der Waals surface area contributed by atoms with Gasteiger partial charge in [-0.05, 0) is 13.8 Å². The number of imidazole rings is 1. The largest absolute Gasteiger partial charge is 0.375 e. The van der Waals surface area contributed by atoms with Gasteiger partial charge in [0.15, 0.2) is 0 Å². The highest BCUT2D eigenvalue weighted by molar-refractivity contribution is 6.30. The molecule has 0 aromatic carbocycles. The molecule has 0 fully saturated rings. The van der Waals surface area contributed by atoms with Crippen LogP contribution >= 0.6 is 11.6 Å². The molecule has 0 radical (unpaired) electrons. The van der Waals surface area contributed by atoms with Crippen LogP contribution in [0.15, 0.2) is 24.9 Å². The molecule has 0 aliphatic heterocycles. The Bertz CT molecular complexity index is 951. The van der Waals surface area contributed by atoms with Crippen LogP contribution < -0.4 is 5.32 Å². The van der Waals surface area contributed by atoms with Crippen molar-refractivity contribution < 1.29 is 9.53 Å². The van der Waals surface area contributed by atoms with Gasteiger partial charge in [0.2, 0.25) is 0 Å². The van der Waals surface area contributed by atoms with Crippen molar-refractivity contribution in [2.24, 2.45) is 7.05 Å². The van der Waals surface area contributed by atoms with Crippen molar-refractivity contribution in [3.63, 3.8) is 0 Å². The monoisotopic (exact) mass is 389 g/mol. The lowest BCUT2D eigenvalue weighted by atomic mass is 10.2. The van der Waals surface area contributed by atoms with Crippen LogP contribution in [0.1, 0.15) is 34.2 Å². The van der Waals surface area contributed by atoms with Gasteiger partial charge in [-0.3, -0.25) is 4.79 Å². The van der Waals surface area contributed by atoms with Crippen molar-refractivity contribution in [2.75, 3.05) is 6.61 Å². The van der Waals surface area contributed by atoms with Gasteiger partial charge in [-0.25, -0.2) is 9.97 Å². The summed E-state index contributed by atoms with van der Waals surface area (Å²) in [6.07, 6.45) is 6.47. The predicted octanol–water partition coefficient (Wildman–Crippen LogP) is 1.82. The summed E-state index contributed by atoms with van der Waals surface area (Å²) in [5.74, 6) is 0.0151. The van der Waals surface area contributed by atoms with Crippen molar-refractivity contribution in [2.45, 2.75) is 27.0 Å². The first-order valence-electron chi connectivity index (χ1n) is 8.38. The molecule has 0 unspecified atom stereocenters. The minimum atomic E-state index is -0.268. The van der Waals surface area contributed by atoms with Crippen molar-refractivity contribution in [3.05, 3.63) is 52.6 Å². The van der Waals surface area contributed by atoms with E-state index in [1.165, 1.54) is 10.9 Å². The van der Waals surface area contributed by atoms with E-state index < -0.39 is 0 Å². The van der Waals surface area contributed by atoms with E-state index in [2.05, 4.69) is 25.4 Å². The molecule has 0 spiro atoms. The summed E-state index contributed by atoms with van der Waals surface area (Å²) in [5, 5.41) is 7.47. The van der Waals surface area contributed by atoms with Gasteiger partial charge in [0.05, 0.1) is 42.6 Å². The maximum absolute atomic E-state index is 12.7. The summed E-state index contributed by atoms with van der Waals surface area (Å²) >= 11 is 6.10. The summed E-state index contributed by atoms with van der Waals surface area (Å²) in [6, 6.07) is 0. The van der Waals surface area contributed by atoms with Gasteiger partial charge < -0.3 is 14.6 Å². The number of ether oxygens (including phenoxy) is 1. The second-order valence-electron chi connectivity index (χ2n) is 5.88. The lowest BCUT2D eigenvalue weighted by molar-refractivity contribution is 0.0938. The van der Waals surface area contributed by atoms with E-state index in [1.54, 1.807) is 18.7 Å². The molecule has 0 aliphatic rings. The van der Waals surface area contributed by atoms with Crippen LogP contribution in [0.25, 0.3) is 5.95 Å². The Kier molecular flexibility index (Phi) is 5.82. The fourth-order valence-electron chi connectivity index (χ4n) is 2.41. The van der Waals surface area contributed by atoms with Crippen molar-refractivity contribution >= 4 is 17.5 Å². The van der Waals surface area contributed by atoms with Gasteiger partial charge in [-0.1, -0.05) is 11.6 Å². The number of aryl methyl sites for hydroxylation is 2. The Morgan fingerprint density at radius 3 is 2.81 bits per heavy atom. The first kappa shape index (κ1) is 19.0. The van der Waals surface area contributed by atoms with E-state index in [1.807, 2.05) is 25.5 Å². The number of aromatic nitrogens is 6. The number of rotatable bonds is 7. The zero-order valence-corrected chi connectivity index (χ0v) is 16.1. The third kappa shape index (κ3) is 4.15. The molecule has 10 heteroatoms. The van der Waals surface area contributed by atoms with Crippen LogP contribution in [-0.2, 0) is 24.9 Å². The maximum atomic E-state index is 12.7. The molecule has 3 rings (SSSR count). The number of nitrogens with one attached hydrogen (secondary N) is 1. The summed E-state index contributed by atoms with van der Waals surface area (Å²) in [7, 11) is 1.87. The highest BCUT2D eigenvalue weighted by Crippen LogP contribution is 2.17. The molecule has 1 amide bonds. The molecule has 9 nitrogen and oxygen atoms in total. The third-order valence-electron chi connectivity index (χ3n) is 3.99. The van der Waals surface area contributed by atoms with E-state index in [9.17, 15) is 4.79 Å². The van der Waals surface area contributed by atoms with E-state index in [-0.39, 0.29) is 18.5 Å². The molecule has 1 N–H and O–H groups in total. The molecule has 3 aromatic heterocycles. The Morgan fingerprint density at radius 2 is 2.15 bits per heavy atom. The van der Waals surface area contributed by atoms with Crippen LogP contribution in [0.3, 0.4) is 0 Å². The lowest BCUT2D eigenvalue weighted by Gasteiger charge is -2.10. The molecule has 0 aliphatic carbocycles. The van der Waals surface area contributed by atoms with Crippen LogP contribution in [0.2, 0.25) is 5.15 Å². The first-order chi connectivity index (χ1) is 13.0. The number of hydrogen-bond acceptors (Lipinski definition) is 6. The van der Waals surface area contributed by atoms with Gasteiger partial charge in [0.25, 0.3) is 11.9 Å². The van der Waals surface area contributed by atoms with E-state index in [0.29, 0.717) is 29.6 Å². The average molecular weight is 390 g/mol. The zero-order valence-electron chi connectivity index (χ0n) is 15.3. The van der Waals surface area contributed by atoms with Crippen LogP contribution in [0, 0.1) is 6.92 Å². The molecule has 0 atom stereocenters. The summed E-state index contributed by atoms with van der Waals surface area (Å²) in [4.78, 5) is 25.2. The van der Waals surface area contributed by atoms with E-state index in [4.69, 9.17) is 16.3 Å². The molecule has 0 saturated carbocycles. The quantitative estimate of drug-likeness (QED) is 0.619. The maximum Gasteiger partial charge on any atom is 0.255 e. The second kappa shape index (κ2) is 8.28. The second-order valence-corrected chi connectivity index (χ2v) is 6.23. The molecule has 142 valence electrons. The molecular weight excluding hydrogens is 370 g/mol. The molecule has 3 aromatic rings. The number of amides is 1. The van der Waals surface area contributed by atoms with Gasteiger partial charge in [-0.2, -0.15) is 14.8 Å². The van der Waals surface area contributed by atoms with Crippen LogP contribution in [-0.4, -0.2) is 41.8 Å². The fraction of sp³-hybridized carbons (Fsp3) is 0.353. The Morgan fingerprint density at radius 1 is 1.33 bits per heavy atom. The van der Waals surface area contributed by atoms with Crippen LogP contribution in [0.5, 0.6) is 0 Å². The van der Waals surface area contributed by atoms with Crippen molar-refractivity contribution in [1.82, 2.24) is 34.6 Å². The number of halogens is 1. The van der Waals surface area contributed by atoms with Crippen LogP contribution in [0.4, 0.5) is 0 Å². The highest BCUT2D eigenvalue weighted by atomic mass is 35.5. The topological polar surface area (TPSA) is 99.8 Å². The third-order valence-corrected chi connectivity index (χ3v) is 4.37. The van der Waals surface area contributed by atoms with Gasteiger partial charge in [0.1, 0.15) is 5.15 Å². The minimum Gasteiger partial charge on any atom is -0.375 e. The zero-order chi connectivity index (χ0) is 19.4. The highest BCUT2D eigenvalue weighted by Gasteiger charge is 2.20. The smallest absolute Gasteiger partial charge is 0.255 e. The standard InChI is InChI=1S/C17H20ClN7O2/c1-4-27-9-14-13(16(26)20-7-12-6-19-10-24(12)3)8-22-25(14)17-21-5-11(2)15(18)23-17/h5-6,8,10H,4,7,9H2,1-3H3,(H,20,26). The first-order valence-corrected chi connectivity index (χ1v) is 8.76. The predicted molar refractivity (Wildman–Crippen MR) is 98.6 cm³/mol. The SMILES string of the molecule is CCOCc1c(C(=O)NCc2cncn2C)cnn1-c1ncc(C)c(Cl)n1. The summed E-state index contributed by atoms with van der Waals surface area (Å²) in [5.41, 5.74) is 2.59. The van der Waals surface area contributed by atoms with Crippen molar-refractivity contribution in [1.29, 1.82) is 0 Å². The average Bonchev–Trinajstić information content (AvgIpc) is 3.26. The summed E-state index contributed by atoms with van der Waals surface area (Å²) < 4.78 is 8.82. The summed E-state index contributed by atoms with van der Waals surface area (Å²) in [6.45, 7) is 4.73. The Labute approximate surface area is 161 Å². The van der Waals surface area contributed by atoms with Gasteiger partial charge in [-0.15, -0.1) is 0 Å². The Hall–Kier alpha value is -2.78. The molecule has 3 heterocycles. The Balaban J connectivity index is 1.88. The molecule has 27 heavy (non-hydrogen) atoms. The number of nitrogens with zero attached hydrogens (tertiary/aromatic N) is 6. The van der Waals surface area contributed by atoms with Gasteiger partial charge >= 0.3 is 0 Å². The fourth-order valence-corrected chi connectivity index (χ4v) is 2.53. The van der Waals surface area contributed by atoms with E-state index >= 15 is 0 Å². The number of carbonyl (C=O) groups is 1.